The molecule has 12 atom stereocenters. The number of ether oxygens (including phenoxy) is 5. The number of esters is 3. The molecule has 2 saturated heterocycles. The van der Waals surface area contributed by atoms with E-state index in [0.29, 0.717) is 64.2 Å². The van der Waals surface area contributed by atoms with Crippen LogP contribution in [0.4, 0.5) is 0 Å². The van der Waals surface area contributed by atoms with E-state index in [1.54, 1.807) is 0 Å². The number of nitrogens with one attached hydrogen (secondary N) is 2. The van der Waals surface area contributed by atoms with Gasteiger partial charge in [-0.25, -0.2) is 0 Å². The molecule has 0 aromatic rings. The van der Waals surface area contributed by atoms with Crippen LogP contribution in [0.15, 0.2) is 0 Å². The molecule has 2 aliphatic heterocycles. The van der Waals surface area contributed by atoms with Gasteiger partial charge in [0.05, 0.1) is 32.7 Å². The summed E-state index contributed by atoms with van der Waals surface area (Å²) in [7, 11) is -6.87. The summed E-state index contributed by atoms with van der Waals surface area (Å²) in [5.74, 6) is -6.13. The fourth-order valence-corrected chi connectivity index (χ4v) is 20.4. The Hall–Kier alpha value is -3.19. The molecule has 2 heterocycles. The van der Waals surface area contributed by atoms with Crippen LogP contribution in [0.5, 0.6) is 0 Å². The van der Waals surface area contributed by atoms with Gasteiger partial charge >= 0.3 is 25.5 Å². The number of amides is 2. The number of hydrogen-bond donors (Lipinski definition) is 11. The Kier molecular flexibility index (Phi) is 70.9. The molecule has 2 rings (SSSR count). The number of carbonyl (C=O) groups excluding carboxylic acids is 6. The van der Waals surface area contributed by atoms with Crippen molar-refractivity contribution in [2.24, 2.45) is 0 Å². The highest BCUT2D eigenvalue weighted by Crippen LogP contribution is 2.66. The van der Waals surface area contributed by atoms with Crippen molar-refractivity contribution in [1.82, 2.24) is 10.6 Å². The molecule has 0 aromatic heterocycles. The molecular formula is C102H193N2O21P. The number of Topliss-reactive ketones (excluding diaryl/α,β-unsaturated/α-hetero) is 1. The maximum Gasteiger partial charge on any atom is 0.362 e. The summed E-state index contributed by atoms with van der Waals surface area (Å²) in [6.45, 7) is 8.80. The van der Waals surface area contributed by atoms with E-state index >= 15 is 24.1 Å². The van der Waals surface area contributed by atoms with Crippen molar-refractivity contribution in [2.45, 2.75) is 594 Å². The van der Waals surface area contributed by atoms with Crippen molar-refractivity contribution in [3.63, 3.8) is 0 Å². The Morgan fingerprint density at radius 1 is 0.357 bits per heavy atom. The van der Waals surface area contributed by atoms with Crippen LogP contribution in [-0.2, 0) is 57.0 Å². The van der Waals surface area contributed by atoms with Gasteiger partial charge in [0, 0.05) is 25.7 Å². The summed E-state index contributed by atoms with van der Waals surface area (Å²) in [5, 5.41) is 90.2. The van der Waals surface area contributed by atoms with Crippen molar-refractivity contribution in [2.75, 3.05) is 19.8 Å². The van der Waals surface area contributed by atoms with Gasteiger partial charge in [0.25, 0.3) is 0 Å². The number of aliphatic hydroxyl groups excluding tert-OH is 5. The Bertz CT molecular complexity index is 2750. The second-order valence-electron chi connectivity index (χ2n) is 38.2. The summed E-state index contributed by atoms with van der Waals surface area (Å²) >= 11 is 0. The number of aliphatic hydroxyl groups is 7. The molecule has 2 aliphatic rings. The predicted molar refractivity (Wildman–Crippen MR) is 505 cm³/mol. The summed E-state index contributed by atoms with van der Waals surface area (Å²) in [5.41, 5.74) is -12.3. The Morgan fingerprint density at radius 3 is 0.857 bits per heavy atom. The maximum atomic E-state index is 17.0. The van der Waals surface area contributed by atoms with E-state index in [1.807, 2.05) is 0 Å². The molecule has 0 bridgehead atoms. The molecule has 2 amide bonds. The van der Waals surface area contributed by atoms with Crippen molar-refractivity contribution in [1.29, 1.82) is 0 Å². The number of carbonyl (C=O) groups is 6. The molecule has 0 aliphatic carbocycles. The zero-order valence-electron chi connectivity index (χ0n) is 81.1. The molecule has 3 unspecified atom stereocenters. The minimum atomic E-state index is -6.87. The minimum Gasteiger partial charge on any atom is -0.462 e. The van der Waals surface area contributed by atoms with E-state index < -0.39 is 153 Å². The number of unbranched alkanes of at least 4 members (excludes halogenated alkanes) is 60. The summed E-state index contributed by atoms with van der Waals surface area (Å²) in [4.78, 5) is 116. The van der Waals surface area contributed by atoms with E-state index in [2.05, 4.69) is 52.2 Å². The van der Waals surface area contributed by atoms with Gasteiger partial charge in [-0.05, 0) is 57.8 Å². The standard InChI is InChI=1S/C102H193N2O21P/c1-7-13-19-25-31-37-40-42-43-45-48-54-60-65-71-77-94(111)123-86(74-68-62-56-50-35-29-23-17-11-5)80-91(108)103-99(89(107)79-85(73-67-61-55-49-34-28-22-16-10-4)122-93(110)76-70-64-58-52-46-39-33-27-21-15-9-3)84-121-90(83-106)101(116,126(118,119)120)102(99,117)100(97(114)96(113)88(82-105)125-98(100)115)104-92(109)81-87(75-69-63-57-51-36-30-24-18-12-6)124-95(112)78-72-66-59-53-47-44-41-38-32-26-20-14-8-2/h85-88,90,96-98,105-106,113-117H,7-84H2,1-6H3,(H,103,108)(H,104,109)(H2,118,119,120)/t85?,86?,87?,88-,90-,96-,97+,98+,99+,100+,101+,102-/m1/s1. The van der Waals surface area contributed by atoms with Crippen molar-refractivity contribution < 1.29 is 103 Å². The molecule has 126 heavy (non-hydrogen) atoms. The van der Waals surface area contributed by atoms with Gasteiger partial charge in [-0.15, -0.1) is 0 Å². The molecule has 24 heteroatoms. The molecule has 11 N–H and O–H groups in total. The first-order chi connectivity index (χ1) is 60.9. The van der Waals surface area contributed by atoms with Crippen LogP contribution < -0.4 is 10.6 Å². The van der Waals surface area contributed by atoms with Gasteiger partial charge in [0.15, 0.2) is 28.8 Å². The van der Waals surface area contributed by atoms with Crippen LogP contribution in [-0.4, -0.2) is 172 Å². The zero-order valence-corrected chi connectivity index (χ0v) is 82.0. The molecule has 742 valence electrons. The Balaban J connectivity index is 3.04. The highest BCUT2D eigenvalue weighted by Gasteiger charge is 2.88. The summed E-state index contributed by atoms with van der Waals surface area (Å²) in [6, 6.07) is 0. The first kappa shape index (κ1) is 119. The molecular weight excluding hydrogens is 1620 g/mol. The van der Waals surface area contributed by atoms with E-state index in [1.165, 1.54) is 128 Å². The average Bonchev–Trinajstić information content (AvgIpc) is 0.654. The predicted octanol–water partition coefficient (Wildman–Crippen LogP) is 22.8. The van der Waals surface area contributed by atoms with Gasteiger partial charge in [0.1, 0.15) is 42.7 Å². The van der Waals surface area contributed by atoms with Crippen molar-refractivity contribution in [3.05, 3.63) is 0 Å². The highest BCUT2D eigenvalue weighted by atomic mass is 31.2. The summed E-state index contributed by atoms with van der Waals surface area (Å²) < 4.78 is 45.8. The fraction of sp³-hybridized carbons (Fsp3) is 0.941. The van der Waals surface area contributed by atoms with Gasteiger partial charge in [-0.3, -0.25) is 33.3 Å². The molecule has 23 nitrogen and oxygen atoms in total. The number of rotatable bonds is 88. The smallest absolute Gasteiger partial charge is 0.362 e. The SMILES string of the molecule is CCCCCCCCCCCCCCCCCC(=O)OC(CCCCCCCCCCC)CC(=O)N[C@]1(C(=O)CC(CCCCCCCCCCC)OC(=O)CCCCCCCCCCCCC)CO[C@H](CO)[C@](O)(P(=O)(O)O)[C@]1(O)[C@@]1(NC(=O)CC(CCCCCCCCCCC)OC(=O)CCCCCCCCCCCCCCC)[C@@H](O)O[C@H](CO)[C@@H](O)[C@@H]1O. The second-order valence-corrected chi connectivity index (χ2v) is 39.9. The van der Waals surface area contributed by atoms with Gasteiger partial charge in [0.2, 0.25) is 17.2 Å². The van der Waals surface area contributed by atoms with Crippen LogP contribution in [0.2, 0.25) is 0 Å². The van der Waals surface area contributed by atoms with Crippen LogP contribution >= 0.6 is 7.60 Å². The Morgan fingerprint density at radius 2 is 0.603 bits per heavy atom. The zero-order chi connectivity index (χ0) is 92.7. The van der Waals surface area contributed by atoms with Crippen molar-refractivity contribution in [3.8, 4) is 0 Å². The normalized spacial score (nSPS) is 21.6. The van der Waals surface area contributed by atoms with Gasteiger partial charge in [-0.2, -0.15) is 0 Å². The molecule has 0 radical (unpaired) electrons. The second kappa shape index (κ2) is 75.1. The molecule has 0 spiro atoms. The van der Waals surface area contributed by atoms with E-state index in [-0.39, 0.29) is 38.5 Å². The lowest BCUT2D eigenvalue weighted by atomic mass is 9.55. The lowest BCUT2D eigenvalue weighted by molar-refractivity contribution is -0.366. The van der Waals surface area contributed by atoms with Crippen LogP contribution in [0, 0.1) is 0 Å². The van der Waals surface area contributed by atoms with E-state index in [0.717, 1.165) is 231 Å². The monoisotopic (exact) mass is 1810 g/mol. The summed E-state index contributed by atoms with van der Waals surface area (Å²) in [6.07, 6.45) is 45.7. The maximum absolute atomic E-state index is 17.0. The first-order valence-electron chi connectivity index (χ1n) is 52.7. The third kappa shape index (κ3) is 47.6. The first-order valence-corrected chi connectivity index (χ1v) is 54.3. The Labute approximate surface area is 766 Å². The molecule has 0 aromatic carbocycles. The van der Waals surface area contributed by atoms with Gasteiger partial charge in [-0.1, -0.05) is 427 Å². The van der Waals surface area contributed by atoms with Crippen LogP contribution in [0.3, 0.4) is 0 Å². The van der Waals surface area contributed by atoms with Crippen molar-refractivity contribution >= 4 is 43.1 Å². The third-order valence-electron chi connectivity index (χ3n) is 27.0. The fourth-order valence-electron chi connectivity index (χ4n) is 19.1. The highest BCUT2D eigenvalue weighted by molar-refractivity contribution is 7.53. The van der Waals surface area contributed by atoms with Crippen LogP contribution in [0.25, 0.3) is 0 Å². The van der Waals surface area contributed by atoms with E-state index in [4.69, 9.17) is 23.7 Å². The largest absolute Gasteiger partial charge is 0.462 e. The topological polar surface area (TPSA) is 372 Å². The van der Waals surface area contributed by atoms with E-state index in [9.17, 15) is 54.8 Å². The number of hydrogen-bond acceptors (Lipinski definition) is 19. The lowest BCUT2D eigenvalue weighted by Crippen LogP contribution is -2.97. The average molecular weight is 1810 g/mol. The molecule has 0 saturated carbocycles. The minimum absolute atomic E-state index is 0.00573. The molecule has 2 fully saturated rings. The lowest BCUT2D eigenvalue weighted by Gasteiger charge is -2.67. The third-order valence-corrected chi connectivity index (χ3v) is 28.5. The number of ketones is 1. The van der Waals surface area contributed by atoms with Crippen LogP contribution in [0.1, 0.15) is 523 Å². The van der Waals surface area contributed by atoms with Gasteiger partial charge < -0.3 is 79.9 Å². The quantitative estimate of drug-likeness (QED) is 0.0117.